The fourth-order valence-electron chi connectivity index (χ4n) is 2.45. The summed E-state index contributed by atoms with van der Waals surface area (Å²) in [4.78, 5) is 33.8. The van der Waals surface area contributed by atoms with Gasteiger partial charge >= 0.3 is 5.97 Å². The number of rotatable bonds is 8. The summed E-state index contributed by atoms with van der Waals surface area (Å²) in [6, 6.07) is 9.41. The van der Waals surface area contributed by atoms with E-state index in [4.69, 9.17) is 5.73 Å². The van der Waals surface area contributed by atoms with E-state index in [1.807, 2.05) is 0 Å². The van der Waals surface area contributed by atoms with Crippen molar-refractivity contribution in [2.24, 2.45) is 5.73 Å². The molecule has 0 saturated carbocycles. The van der Waals surface area contributed by atoms with Crippen LogP contribution in [-0.4, -0.2) is 39.1 Å². The van der Waals surface area contributed by atoms with Gasteiger partial charge in [0.25, 0.3) is 5.69 Å². The first-order chi connectivity index (χ1) is 12.8. The van der Waals surface area contributed by atoms with E-state index in [0.717, 1.165) is 5.56 Å². The lowest BCUT2D eigenvalue weighted by molar-refractivity contribution is -0.384. The minimum absolute atomic E-state index is 0.0367. The molecule has 2 aromatic rings. The van der Waals surface area contributed by atoms with Crippen LogP contribution in [0.15, 0.2) is 48.5 Å². The first-order valence-electron chi connectivity index (χ1n) is 8.06. The second kappa shape index (κ2) is 8.77. The molecule has 0 unspecified atom stereocenters. The molecule has 2 atom stereocenters. The highest BCUT2D eigenvalue weighted by Gasteiger charge is 2.24. The van der Waals surface area contributed by atoms with Crippen LogP contribution in [0.1, 0.15) is 11.1 Å². The molecule has 5 N–H and O–H groups in total. The van der Waals surface area contributed by atoms with E-state index in [0.29, 0.717) is 5.56 Å². The Labute approximate surface area is 154 Å². The lowest BCUT2D eigenvalue weighted by Crippen LogP contribution is -2.50. The van der Waals surface area contributed by atoms with E-state index in [2.05, 4.69) is 5.32 Å². The number of hydrogen-bond donors (Lipinski definition) is 4. The monoisotopic (exact) mass is 373 g/mol. The molecule has 0 radical (unpaired) electrons. The average Bonchev–Trinajstić information content (AvgIpc) is 2.63. The van der Waals surface area contributed by atoms with Crippen LogP contribution in [0.3, 0.4) is 0 Å². The number of phenolic OH excluding ortho intramolecular Hbond substituents is 1. The summed E-state index contributed by atoms with van der Waals surface area (Å²) >= 11 is 0. The summed E-state index contributed by atoms with van der Waals surface area (Å²) in [5.74, 6) is -1.78. The van der Waals surface area contributed by atoms with Crippen molar-refractivity contribution >= 4 is 17.6 Å². The van der Waals surface area contributed by atoms with Crippen LogP contribution in [0.2, 0.25) is 0 Å². The summed E-state index contributed by atoms with van der Waals surface area (Å²) in [6.45, 7) is 0. The van der Waals surface area contributed by atoms with Crippen LogP contribution in [0.25, 0.3) is 0 Å². The number of carboxylic acids is 1. The lowest BCUT2D eigenvalue weighted by Gasteiger charge is -2.18. The van der Waals surface area contributed by atoms with Crippen molar-refractivity contribution < 1.29 is 24.7 Å². The van der Waals surface area contributed by atoms with Gasteiger partial charge in [-0.1, -0.05) is 24.3 Å². The number of carbonyl (C=O) groups is 2. The number of hydrogen-bond acceptors (Lipinski definition) is 6. The van der Waals surface area contributed by atoms with Gasteiger partial charge in [0.2, 0.25) is 5.91 Å². The molecule has 0 bridgehead atoms. The number of aliphatic carboxylic acids is 1. The van der Waals surface area contributed by atoms with Gasteiger partial charge < -0.3 is 21.3 Å². The maximum atomic E-state index is 12.2. The van der Waals surface area contributed by atoms with Gasteiger partial charge in [-0.25, -0.2) is 4.79 Å². The molecule has 142 valence electrons. The molecular formula is C18H19N3O6. The molecular weight excluding hydrogens is 354 g/mol. The van der Waals surface area contributed by atoms with E-state index in [9.17, 15) is 29.9 Å². The molecule has 0 saturated heterocycles. The number of carboxylic acid groups (broad SMARTS) is 1. The average molecular weight is 373 g/mol. The van der Waals surface area contributed by atoms with Crippen molar-refractivity contribution in [1.82, 2.24) is 5.32 Å². The summed E-state index contributed by atoms with van der Waals surface area (Å²) in [5, 5.41) is 31.6. The van der Waals surface area contributed by atoms with Crippen LogP contribution in [0, 0.1) is 10.1 Å². The molecule has 9 heteroatoms. The normalized spacial score (nSPS) is 12.8. The highest BCUT2D eigenvalue weighted by Crippen LogP contribution is 2.14. The minimum Gasteiger partial charge on any atom is -0.508 e. The van der Waals surface area contributed by atoms with Gasteiger partial charge in [0, 0.05) is 18.6 Å². The Morgan fingerprint density at radius 2 is 1.56 bits per heavy atom. The van der Waals surface area contributed by atoms with Crippen LogP contribution in [0.5, 0.6) is 5.75 Å². The molecule has 0 aliphatic heterocycles. The molecule has 2 rings (SSSR count). The molecule has 0 aliphatic carbocycles. The van der Waals surface area contributed by atoms with Crippen molar-refractivity contribution in [1.29, 1.82) is 0 Å². The fourth-order valence-corrected chi connectivity index (χ4v) is 2.45. The van der Waals surface area contributed by atoms with Crippen molar-refractivity contribution in [3.8, 4) is 5.75 Å². The highest BCUT2D eigenvalue weighted by molar-refractivity contribution is 5.87. The number of carbonyl (C=O) groups excluding carboxylic acids is 1. The quantitative estimate of drug-likeness (QED) is 0.397. The third-order valence-electron chi connectivity index (χ3n) is 3.93. The molecule has 1 amide bonds. The van der Waals surface area contributed by atoms with E-state index >= 15 is 0 Å². The number of nitrogens with two attached hydrogens (primary N) is 1. The second-order valence-corrected chi connectivity index (χ2v) is 6.00. The summed E-state index contributed by atoms with van der Waals surface area (Å²) in [7, 11) is 0. The first-order valence-corrected chi connectivity index (χ1v) is 8.06. The number of nitrogens with zero attached hydrogens (tertiary/aromatic N) is 1. The molecule has 2 aromatic carbocycles. The smallest absolute Gasteiger partial charge is 0.326 e. The summed E-state index contributed by atoms with van der Waals surface area (Å²) in [6.07, 6.45) is 0.140. The SMILES string of the molecule is N[C@@H](Cc1ccc(O)cc1)C(=O)N[C@@H](Cc1ccc([N+](=O)[O-])cc1)C(=O)O. The Bertz CT molecular complexity index is 820. The standard InChI is InChI=1S/C18H19N3O6/c19-15(9-11-3-7-14(22)8-4-11)17(23)20-16(18(24)25)10-12-1-5-13(6-2-12)21(26)27/h1-8,15-16,22H,9-10,19H2,(H,20,23)(H,24,25)/t15-,16-/m0/s1. The third kappa shape index (κ3) is 5.79. The fraction of sp³-hybridized carbons (Fsp3) is 0.222. The Balaban J connectivity index is 1.99. The van der Waals surface area contributed by atoms with Gasteiger partial charge in [-0.2, -0.15) is 0 Å². The molecule has 0 spiro atoms. The predicted molar refractivity (Wildman–Crippen MR) is 96.2 cm³/mol. The largest absolute Gasteiger partial charge is 0.508 e. The van der Waals surface area contributed by atoms with Gasteiger partial charge in [0.1, 0.15) is 11.8 Å². The van der Waals surface area contributed by atoms with Gasteiger partial charge in [-0.15, -0.1) is 0 Å². The van der Waals surface area contributed by atoms with Gasteiger partial charge in [-0.05, 0) is 29.7 Å². The van der Waals surface area contributed by atoms with Crippen molar-refractivity contribution in [2.75, 3.05) is 0 Å². The van der Waals surface area contributed by atoms with Crippen molar-refractivity contribution in [3.63, 3.8) is 0 Å². The number of nitro benzene ring substituents is 1. The zero-order chi connectivity index (χ0) is 20.0. The molecule has 9 nitrogen and oxygen atoms in total. The van der Waals surface area contributed by atoms with E-state index < -0.39 is 28.9 Å². The lowest BCUT2D eigenvalue weighted by atomic mass is 10.0. The van der Waals surface area contributed by atoms with E-state index in [-0.39, 0.29) is 24.3 Å². The Hall–Kier alpha value is -3.46. The zero-order valence-electron chi connectivity index (χ0n) is 14.2. The van der Waals surface area contributed by atoms with Crippen LogP contribution in [-0.2, 0) is 22.4 Å². The van der Waals surface area contributed by atoms with Crippen molar-refractivity contribution in [3.05, 3.63) is 69.8 Å². The molecule has 0 aliphatic rings. The maximum Gasteiger partial charge on any atom is 0.326 e. The van der Waals surface area contributed by atoms with E-state index in [1.165, 1.54) is 36.4 Å². The molecule has 0 fully saturated rings. The molecule has 0 heterocycles. The maximum absolute atomic E-state index is 12.2. The summed E-state index contributed by atoms with van der Waals surface area (Å²) in [5.41, 5.74) is 6.98. The van der Waals surface area contributed by atoms with Gasteiger partial charge in [0.15, 0.2) is 0 Å². The van der Waals surface area contributed by atoms with Gasteiger partial charge in [0.05, 0.1) is 11.0 Å². The number of nitrogens with one attached hydrogen (secondary N) is 1. The summed E-state index contributed by atoms with van der Waals surface area (Å²) < 4.78 is 0. The van der Waals surface area contributed by atoms with E-state index in [1.54, 1.807) is 12.1 Å². The van der Waals surface area contributed by atoms with Crippen LogP contribution in [0.4, 0.5) is 5.69 Å². The second-order valence-electron chi connectivity index (χ2n) is 6.00. The van der Waals surface area contributed by atoms with Crippen LogP contribution < -0.4 is 11.1 Å². The topological polar surface area (TPSA) is 156 Å². The number of nitro groups is 1. The number of phenols is 1. The Morgan fingerprint density at radius 3 is 2.07 bits per heavy atom. The van der Waals surface area contributed by atoms with Crippen molar-refractivity contribution in [2.45, 2.75) is 24.9 Å². The van der Waals surface area contributed by atoms with Gasteiger partial charge in [-0.3, -0.25) is 14.9 Å². The zero-order valence-corrected chi connectivity index (χ0v) is 14.2. The highest BCUT2D eigenvalue weighted by atomic mass is 16.6. The Kier molecular flexibility index (Phi) is 6.45. The number of amides is 1. The predicted octanol–water partition coefficient (Wildman–Crippen LogP) is 0.982. The first kappa shape index (κ1) is 19.9. The third-order valence-corrected chi connectivity index (χ3v) is 3.93. The Morgan fingerprint density at radius 1 is 1.04 bits per heavy atom. The molecule has 27 heavy (non-hydrogen) atoms. The number of aromatic hydroxyl groups is 1. The minimum atomic E-state index is -1.24. The number of non-ortho nitro benzene ring substituents is 1. The number of benzene rings is 2. The van der Waals surface area contributed by atoms with Crippen LogP contribution >= 0.6 is 0 Å². The molecule has 0 aromatic heterocycles.